The fraction of sp³-hybridized carbons (Fsp3) is 0.333. The number of fused-ring (bicyclic) bond motifs is 5. The van der Waals surface area contributed by atoms with E-state index in [0.29, 0.717) is 11.8 Å². The van der Waals surface area contributed by atoms with Gasteiger partial charge in [0.15, 0.2) is 0 Å². The fourth-order valence-corrected chi connectivity index (χ4v) is 3.72. The SMILES string of the molecule is CCN1CC2c3ccccc3Oc3ccc(N)cc3C2C1. The van der Waals surface area contributed by atoms with E-state index in [1.54, 1.807) is 0 Å². The van der Waals surface area contributed by atoms with Crippen LogP contribution in [0.1, 0.15) is 29.9 Å². The van der Waals surface area contributed by atoms with Gasteiger partial charge in [0.25, 0.3) is 0 Å². The first-order chi connectivity index (χ1) is 10.3. The molecule has 0 aromatic heterocycles. The second-order valence-electron chi connectivity index (χ2n) is 6.00. The minimum atomic E-state index is 0.465. The Morgan fingerprint density at radius 2 is 1.76 bits per heavy atom. The van der Waals surface area contributed by atoms with Crippen molar-refractivity contribution in [1.82, 2.24) is 4.90 Å². The third-order valence-electron chi connectivity index (χ3n) is 4.81. The number of anilines is 1. The molecule has 3 nitrogen and oxygen atoms in total. The molecule has 2 aromatic carbocycles. The molecule has 2 atom stereocenters. The molecule has 2 N–H and O–H groups in total. The standard InChI is InChI=1S/C18H20N2O/c1-2-20-10-15-13-5-3-4-6-17(13)21-18-8-7-12(19)9-14(18)16(15)11-20/h3-9,15-16H,2,10-11,19H2,1H3. The fourth-order valence-electron chi connectivity index (χ4n) is 3.72. The molecule has 0 aliphatic carbocycles. The number of likely N-dealkylation sites (tertiary alicyclic amines) is 1. The van der Waals surface area contributed by atoms with Crippen LogP contribution in [0.25, 0.3) is 0 Å². The van der Waals surface area contributed by atoms with E-state index in [0.717, 1.165) is 36.8 Å². The van der Waals surface area contributed by atoms with Crippen LogP contribution < -0.4 is 10.5 Å². The molecule has 21 heavy (non-hydrogen) atoms. The van der Waals surface area contributed by atoms with Gasteiger partial charge in [-0.3, -0.25) is 0 Å². The van der Waals surface area contributed by atoms with Crippen molar-refractivity contribution in [2.75, 3.05) is 25.4 Å². The molecule has 108 valence electrons. The van der Waals surface area contributed by atoms with Gasteiger partial charge < -0.3 is 15.4 Å². The van der Waals surface area contributed by atoms with Gasteiger partial charge in [-0.2, -0.15) is 0 Å². The van der Waals surface area contributed by atoms with E-state index < -0.39 is 0 Å². The van der Waals surface area contributed by atoms with E-state index in [2.05, 4.69) is 36.1 Å². The summed E-state index contributed by atoms with van der Waals surface area (Å²) in [6, 6.07) is 14.5. The second-order valence-corrected chi connectivity index (χ2v) is 6.00. The van der Waals surface area contributed by atoms with E-state index in [9.17, 15) is 0 Å². The van der Waals surface area contributed by atoms with Crippen LogP contribution in [0, 0.1) is 0 Å². The van der Waals surface area contributed by atoms with E-state index in [-0.39, 0.29) is 0 Å². The molecule has 4 rings (SSSR count). The Morgan fingerprint density at radius 1 is 1.05 bits per heavy atom. The van der Waals surface area contributed by atoms with Crippen LogP contribution in [0.4, 0.5) is 5.69 Å². The average molecular weight is 280 g/mol. The molecule has 0 bridgehead atoms. The highest BCUT2D eigenvalue weighted by molar-refractivity contribution is 5.55. The van der Waals surface area contributed by atoms with Gasteiger partial charge in [0.1, 0.15) is 11.5 Å². The maximum absolute atomic E-state index is 6.19. The Labute approximate surface area is 125 Å². The summed E-state index contributed by atoms with van der Waals surface area (Å²) in [6.45, 7) is 5.49. The maximum Gasteiger partial charge on any atom is 0.131 e. The van der Waals surface area contributed by atoms with Gasteiger partial charge >= 0.3 is 0 Å². The summed E-state index contributed by atoms with van der Waals surface area (Å²) in [5.74, 6) is 2.91. The second kappa shape index (κ2) is 4.78. The number of nitrogens with two attached hydrogens (primary N) is 1. The Hall–Kier alpha value is -2.00. The molecule has 2 aromatic rings. The molecular formula is C18H20N2O. The average Bonchev–Trinajstić information content (AvgIpc) is 2.89. The van der Waals surface area contributed by atoms with Gasteiger partial charge in [-0.1, -0.05) is 25.1 Å². The summed E-state index contributed by atoms with van der Waals surface area (Å²) in [6.07, 6.45) is 0. The quantitative estimate of drug-likeness (QED) is 0.811. The predicted molar refractivity (Wildman–Crippen MR) is 85.0 cm³/mol. The molecule has 0 amide bonds. The first-order valence-corrected chi connectivity index (χ1v) is 7.65. The maximum atomic E-state index is 6.19. The zero-order valence-electron chi connectivity index (χ0n) is 12.3. The Balaban J connectivity index is 1.90. The first-order valence-electron chi connectivity index (χ1n) is 7.65. The number of likely N-dealkylation sites (N-methyl/N-ethyl adjacent to an activating group) is 1. The van der Waals surface area contributed by atoms with Crippen molar-refractivity contribution in [3.05, 3.63) is 53.6 Å². The largest absolute Gasteiger partial charge is 0.457 e. The predicted octanol–water partition coefficient (Wildman–Crippen LogP) is 3.58. The minimum absolute atomic E-state index is 0.465. The number of hydrogen-bond acceptors (Lipinski definition) is 3. The summed E-state index contributed by atoms with van der Waals surface area (Å²) in [5.41, 5.74) is 9.42. The summed E-state index contributed by atoms with van der Waals surface area (Å²) in [5, 5.41) is 0. The highest BCUT2D eigenvalue weighted by atomic mass is 16.5. The number of ether oxygens (including phenoxy) is 1. The van der Waals surface area contributed by atoms with Crippen molar-refractivity contribution in [3.8, 4) is 11.5 Å². The van der Waals surface area contributed by atoms with Crippen molar-refractivity contribution in [3.63, 3.8) is 0 Å². The Bertz CT molecular complexity index is 683. The lowest BCUT2D eigenvalue weighted by molar-refractivity contribution is 0.347. The third-order valence-corrected chi connectivity index (χ3v) is 4.81. The van der Waals surface area contributed by atoms with Crippen LogP contribution >= 0.6 is 0 Å². The number of nitrogens with zero attached hydrogens (tertiary/aromatic N) is 1. The molecule has 1 saturated heterocycles. The van der Waals surface area contributed by atoms with Crippen LogP contribution in [0.2, 0.25) is 0 Å². The van der Waals surface area contributed by atoms with Gasteiger partial charge in [-0.05, 0) is 36.4 Å². The Kier molecular flexibility index (Phi) is 2.89. The van der Waals surface area contributed by atoms with Gasteiger partial charge in [0.2, 0.25) is 0 Å². The summed E-state index contributed by atoms with van der Waals surface area (Å²) >= 11 is 0. The van der Waals surface area contributed by atoms with Gasteiger partial charge in [0, 0.05) is 36.2 Å². The number of para-hydroxylation sites is 1. The smallest absolute Gasteiger partial charge is 0.131 e. The number of rotatable bonds is 1. The molecule has 0 spiro atoms. The van der Waals surface area contributed by atoms with Gasteiger partial charge in [-0.15, -0.1) is 0 Å². The zero-order valence-corrected chi connectivity index (χ0v) is 12.3. The van der Waals surface area contributed by atoms with Crippen molar-refractivity contribution in [1.29, 1.82) is 0 Å². The van der Waals surface area contributed by atoms with Gasteiger partial charge in [-0.25, -0.2) is 0 Å². The van der Waals surface area contributed by atoms with Crippen LogP contribution in [0.15, 0.2) is 42.5 Å². The van der Waals surface area contributed by atoms with E-state index >= 15 is 0 Å². The lowest BCUT2D eigenvalue weighted by atomic mass is 9.84. The van der Waals surface area contributed by atoms with Crippen molar-refractivity contribution in [2.24, 2.45) is 0 Å². The molecule has 2 aliphatic rings. The van der Waals surface area contributed by atoms with Crippen LogP contribution in [0.3, 0.4) is 0 Å². The van der Waals surface area contributed by atoms with Crippen molar-refractivity contribution >= 4 is 5.69 Å². The number of benzene rings is 2. The normalized spacial score (nSPS) is 23.7. The summed E-state index contributed by atoms with van der Waals surface area (Å²) in [4.78, 5) is 2.52. The number of hydrogen-bond donors (Lipinski definition) is 1. The van der Waals surface area contributed by atoms with Gasteiger partial charge in [0.05, 0.1) is 0 Å². The van der Waals surface area contributed by atoms with Crippen LogP contribution in [-0.2, 0) is 0 Å². The lowest BCUT2D eigenvalue weighted by Gasteiger charge is -2.17. The molecule has 3 heteroatoms. The third kappa shape index (κ3) is 2.00. The molecule has 2 heterocycles. The van der Waals surface area contributed by atoms with Crippen LogP contribution in [0.5, 0.6) is 11.5 Å². The Morgan fingerprint density at radius 3 is 2.57 bits per heavy atom. The highest BCUT2D eigenvalue weighted by Gasteiger charge is 2.39. The zero-order chi connectivity index (χ0) is 14.4. The molecule has 0 radical (unpaired) electrons. The molecule has 0 saturated carbocycles. The molecular weight excluding hydrogens is 260 g/mol. The minimum Gasteiger partial charge on any atom is -0.457 e. The van der Waals surface area contributed by atoms with E-state index in [1.165, 1.54) is 11.1 Å². The van der Waals surface area contributed by atoms with Crippen LogP contribution in [-0.4, -0.2) is 24.5 Å². The molecule has 2 unspecified atom stereocenters. The van der Waals surface area contributed by atoms with E-state index in [4.69, 9.17) is 10.5 Å². The lowest BCUT2D eigenvalue weighted by Crippen LogP contribution is -2.20. The summed E-state index contributed by atoms with van der Waals surface area (Å²) < 4.78 is 6.19. The molecule has 1 fully saturated rings. The highest BCUT2D eigenvalue weighted by Crippen LogP contribution is 2.49. The topological polar surface area (TPSA) is 38.5 Å². The van der Waals surface area contributed by atoms with Crippen molar-refractivity contribution in [2.45, 2.75) is 18.8 Å². The van der Waals surface area contributed by atoms with E-state index in [1.807, 2.05) is 18.2 Å². The van der Waals surface area contributed by atoms with Crippen molar-refractivity contribution < 1.29 is 4.74 Å². The molecule has 2 aliphatic heterocycles. The monoisotopic (exact) mass is 280 g/mol. The first kappa shape index (κ1) is 12.7. The number of nitrogen functional groups attached to an aromatic ring is 1. The summed E-state index contributed by atoms with van der Waals surface area (Å²) in [7, 11) is 0.